The predicted octanol–water partition coefficient (Wildman–Crippen LogP) is 4.59. The minimum atomic E-state index is -0.477. The largest absolute Gasteiger partial charge is 0.462 e. The van der Waals surface area contributed by atoms with Crippen LogP contribution in [0, 0.1) is 0 Å². The van der Waals surface area contributed by atoms with Gasteiger partial charge < -0.3 is 9.15 Å². The number of fused-ring (bicyclic) bond motifs is 1. The lowest BCUT2D eigenvalue weighted by molar-refractivity contribution is -0.137. The molecule has 0 aliphatic carbocycles. The van der Waals surface area contributed by atoms with Crippen LogP contribution in [0.5, 0.6) is 0 Å². The lowest BCUT2D eigenvalue weighted by Gasteiger charge is -2.02. The fourth-order valence-corrected chi connectivity index (χ4v) is 2.63. The molecule has 4 nitrogen and oxygen atoms in total. The topological polar surface area (TPSA) is 56.5 Å². The highest BCUT2D eigenvalue weighted by Gasteiger charge is 2.15. The van der Waals surface area contributed by atoms with Gasteiger partial charge in [0.2, 0.25) is 0 Å². The van der Waals surface area contributed by atoms with E-state index in [2.05, 4.69) is 6.58 Å². The Bertz CT molecular complexity index is 938. The van der Waals surface area contributed by atoms with Crippen LogP contribution in [-0.2, 0) is 16.0 Å². The lowest BCUT2D eigenvalue weighted by Crippen LogP contribution is -2.03. The first kappa shape index (κ1) is 17.0. The Balaban J connectivity index is 1.86. The van der Waals surface area contributed by atoms with Crippen LogP contribution in [0.4, 0.5) is 0 Å². The average Bonchev–Trinajstić information content (AvgIpc) is 3.04. The molecule has 3 aromatic rings. The van der Waals surface area contributed by atoms with E-state index in [-0.39, 0.29) is 12.4 Å². The number of hydrogen-bond donors (Lipinski definition) is 0. The number of carbonyl (C=O) groups excluding carboxylic acids is 2. The Kier molecular flexibility index (Phi) is 5.00. The smallest absolute Gasteiger partial charge is 0.330 e. The molecule has 2 aromatic carbocycles. The van der Waals surface area contributed by atoms with Gasteiger partial charge in [-0.25, -0.2) is 4.79 Å². The summed E-state index contributed by atoms with van der Waals surface area (Å²) >= 11 is 5.87. The van der Waals surface area contributed by atoms with Crippen LogP contribution in [0.1, 0.15) is 21.7 Å². The van der Waals surface area contributed by atoms with E-state index in [0.29, 0.717) is 33.9 Å². The van der Waals surface area contributed by atoms with E-state index >= 15 is 0 Å². The molecule has 0 radical (unpaired) electrons. The standard InChI is InChI=1S/C20H15ClO4/c1-2-19(22)24-11-10-15-12-17-16(4-3-5-18(17)25-15)20(23)13-6-8-14(21)9-7-13/h2-9,12H,1,10-11H2. The maximum atomic E-state index is 12.8. The molecule has 0 unspecified atom stereocenters. The fraction of sp³-hybridized carbons (Fsp3) is 0.100. The van der Waals surface area contributed by atoms with Gasteiger partial charge in [-0.2, -0.15) is 0 Å². The number of hydrogen-bond acceptors (Lipinski definition) is 4. The summed E-state index contributed by atoms with van der Waals surface area (Å²) in [6.45, 7) is 3.53. The van der Waals surface area contributed by atoms with Crippen LogP contribution in [0.15, 0.2) is 65.6 Å². The molecule has 0 saturated carbocycles. The minimum Gasteiger partial charge on any atom is -0.462 e. The molecule has 0 fully saturated rings. The van der Waals surface area contributed by atoms with Gasteiger partial charge in [-0.1, -0.05) is 30.3 Å². The molecular formula is C20H15ClO4. The van der Waals surface area contributed by atoms with Gasteiger partial charge in [0.1, 0.15) is 11.3 Å². The number of rotatable bonds is 6. The van der Waals surface area contributed by atoms with Crippen molar-refractivity contribution in [3.8, 4) is 0 Å². The van der Waals surface area contributed by atoms with Crippen molar-refractivity contribution in [1.82, 2.24) is 0 Å². The van der Waals surface area contributed by atoms with Crippen molar-refractivity contribution in [3.63, 3.8) is 0 Å². The Labute approximate surface area is 149 Å². The molecule has 1 heterocycles. The van der Waals surface area contributed by atoms with Crippen molar-refractivity contribution >= 4 is 34.3 Å². The van der Waals surface area contributed by atoms with Crippen molar-refractivity contribution in [2.45, 2.75) is 6.42 Å². The van der Waals surface area contributed by atoms with E-state index in [1.165, 1.54) is 0 Å². The average molecular weight is 355 g/mol. The fourth-order valence-electron chi connectivity index (χ4n) is 2.50. The number of ketones is 1. The first-order valence-electron chi connectivity index (χ1n) is 7.69. The summed E-state index contributed by atoms with van der Waals surface area (Å²) in [5.41, 5.74) is 1.72. The normalized spacial score (nSPS) is 10.6. The summed E-state index contributed by atoms with van der Waals surface area (Å²) in [6.07, 6.45) is 1.53. The number of benzene rings is 2. The van der Waals surface area contributed by atoms with Crippen LogP contribution in [-0.4, -0.2) is 18.4 Å². The molecule has 0 N–H and O–H groups in total. The van der Waals surface area contributed by atoms with Crippen molar-refractivity contribution in [3.05, 3.63) is 83.1 Å². The van der Waals surface area contributed by atoms with E-state index in [9.17, 15) is 9.59 Å². The summed E-state index contributed by atoms with van der Waals surface area (Å²) in [7, 11) is 0. The van der Waals surface area contributed by atoms with E-state index in [1.807, 2.05) is 0 Å². The predicted molar refractivity (Wildman–Crippen MR) is 96.0 cm³/mol. The van der Waals surface area contributed by atoms with Gasteiger partial charge in [0.05, 0.1) is 6.61 Å². The maximum absolute atomic E-state index is 12.8. The van der Waals surface area contributed by atoms with Crippen molar-refractivity contribution < 1.29 is 18.7 Å². The van der Waals surface area contributed by atoms with Gasteiger partial charge >= 0.3 is 5.97 Å². The third kappa shape index (κ3) is 3.80. The first-order valence-corrected chi connectivity index (χ1v) is 8.07. The third-order valence-electron chi connectivity index (χ3n) is 3.72. The molecule has 1 aromatic heterocycles. The molecule has 25 heavy (non-hydrogen) atoms. The summed E-state index contributed by atoms with van der Waals surface area (Å²) in [6, 6.07) is 13.9. The zero-order valence-corrected chi connectivity index (χ0v) is 14.1. The molecule has 0 aliphatic rings. The highest BCUT2D eigenvalue weighted by Crippen LogP contribution is 2.26. The molecule has 5 heteroatoms. The van der Waals surface area contributed by atoms with Gasteiger partial charge in [-0.05, 0) is 36.4 Å². The van der Waals surface area contributed by atoms with E-state index < -0.39 is 5.97 Å². The quantitative estimate of drug-likeness (QED) is 0.369. The molecule has 0 amide bonds. The minimum absolute atomic E-state index is 0.104. The van der Waals surface area contributed by atoms with Crippen molar-refractivity contribution in [2.75, 3.05) is 6.61 Å². The van der Waals surface area contributed by atoms with E-state index in [4.69, 9.17) is 20.8 Å². The molecular weight excluding hydrogens is 340 g/mol. The van der Waals surface area contributed by atoms with Crippen molar-refractivity contribution in [2.24, 2.45) is 0 Å². The number of ether oxygens (including phenoxy) is 1. The number of esters is 1. The zero-order chi connectivity index (χ0) is 17.8. The van der Waals surface area contributed by atoms with Gasteiger partial charge in [0.15, 0.2) is 5.78 Å². The Hall–Kier alpha value is -2.85. The third-order valence-corrected chi connectivity index (χ3v) is 3.97. The number of carbonyl (C=O) groups is 2. The Morgan fingerprint density at radius 3 is 2.64 bits per heavy atom. The zero-order valence-electron chi connectivity index (χ0n) is 13.3. The van der Waals surface area contributed by atoms with Gasteiger partial charge in [0.25, 0.3) is 0 Å². The Morgan fingerprint density at radius 1 is 1.16 bits per heavy atom. The van der Waals surface area contributed by atoms with Crippen LogP contribution in [0.3, 0.4) is 0 Å². The summed E-state index contributed by atoms with van der Waals surface area (Å²) < 4.78 is 10.7. The van der Waals surface area contributed by atoms with Gasteiger partial charge in [0, 0.05) is 34.0 Å². The van der Waals surface area contributed by atoms with Gasteiger partial charge in [-0.15, -0.1) is 0 Å². The summed E-state index contributed by atoms with van der Waals surface area (Å²) in [5, 5.41) is 1.31. The summed E-state index contributed by atoms with van der Waals surface area (Å²) in [4.78, 5) is 23.8. The highest BCUT2D eigenvalue weighted by atomic mass is 35.5. The van der Waals surface area contributed by atoms with Crippen molar-refractivity contribution in [1.29, 1.82) is 0 Å². The van der Waals surface area contributed by atoms with E-state index in [1.54, 1.807) is 48.5 Å². The number of furan rings is 1. The summed E-state index contributed by atoms with van der Waals surface area (Å²) in [5.74, 6) is 0.0608. The SMILES string of the molecule is C=CC(=O)OCCc1cc2c(C(=O)c3ccc(Cl)cc3)cccc2o1. The molecule has 0 spiro atoms. The molecule has 3 rings (SSSR count). The Morgan fingerprint density at radius 2 is 1.92 bits per heavy atom. The van der Waals surface area contributed by atoms with E-state index in [0.717, 1.165) is 11.5 Å². The molecule has 0 aliphatic heterocycles. The van der Waals surface area contributed by atoms with Gasteiger partial charge in [-0.3, -0.25) is 4.79 Å². The second-order valence-corrected chi connectivity index (χ2v) is 5.82. The van der Waals surface area contributed by atoms with Crippen LogP contribution >= 0.6 is 11.6 Å². The lowest BCUT2D eigenvalue weighted by atomic mass is 10.00. The van der Waals surface area contributed by atoms with Crippen LogP contribution < -0.4 is 0 Å². The first-order chi connectivity index (χ1) is 12.1. The van der Waals surface area contributed by atoms with Crippen LogP contribution in [0.2, 0.25) is 5.02 Å². The molecule has 0 saturated heterocycles. The molecule has 0 atom stereocenters. The highest BCUT2D eigenvalue weighted by molar-refractivity contribution is 6.30. The van der Waals surface area contributed by atoms with Crippen LogP contribution in [0.25, 0.3) is 11.0 Å². The second kappa shape index (κ2) is 7.36. The maximum Gasteiger partial charge on any atom is 0.330 e. The number of halogens is 1. The molecule has 0 bridgehead atoms. The second-order valence-electron chi connectivity index (χ2n) is 5.39. The monoisotopic (exact) mass is 354 g/mol. The molecule has 126 valence electrons.